The Hall–Kier alpha value is -4.01. The van der Waals surface area contributed by atoms with Crippen LogP contribution in [-0.4, -0.2) is 77.7 Å². The molecule has 2 aliphatic heterocycles. The molecule has 0 spiro atoms. The van der Waals surface area contributed by atoms with Crippen molar-refractivity contribution < 1.29 is 21.6 Å². The summed E-state index contributed by atoms with van der Waals surface area (Å²) in [4.78, 5) is 14.5. The number of anilines is 2. The van der Waals surface area contributed by atoms with Crippen molar-refractivity contribution in [3.05, 3.63) is 83.4 Å². The molecule has 0 amide bonds. The average molecular weight is 599 g/mol. The van der Waals surface area contributed by atoms with Crippen LogP contribution in [0.25, 0.3) is 17.8 Å². The van der Waals surface area contributed by atoms with Gasteiger partial charge < -0.3 is 9.80 Å². The highest BCUT2D eigenvalue weighted by Gasteiger charge is 2.36. The van der Waals surface area contributed by atoms with Gasteiger partial charge in [-0.25, -0.2) is 36.2 Å². The monoisotopic (exact) mass is 598 g/mol. The van der Waals surface area contributed by atoms with Crippen LogP contribution >= 0.6 is 0 Å². The molecule has 0 unspecified atom stereocenters. The zero-order valence-electron chi connectivity index (χ0n) is 22.5. The molecule has 220 valence electrons. The van der Waals surface area contributed by atoms with Gasteiger partial charge in [0.1, 0.15) is 29.5 Å². The van der Waals surface area contributed by atoms with Crippen molar-refractivity contribution >= 4 is 39.3 Å². The van der Waals surface area contributed by atoms with E-state index in [1.807, 2.05) is 29.2 Å². The minimum Gasteiger partial charge on any atom is -0.368 e. The third-order valence-electron chi connectivity index (χ3n) is 7.53. The lowest BCUT2D eigenvalue weighted by Gasteiger charge is -2.35. The quantitative estimate of drug-likeness (QED) is 0.345. The van der Waals surface area contributed by atoms with E-state index < -0.39 is 33.9 Å². The van der Waals surface area contributed by atoms with Gasteiger partial charge in [0.25, 0.3) is 0 Å². The Kier molecular flexibility index (Phi) is 7.60. The van der Waals surface area contributed by atoms with E-state index in [4.69, 9.17) is 5.14 Å². The summed E-state index contributed by atoms with van der Waals surface area (Å²) in [5.74, 6) is -0.891. The number of benzene rings is 1. The molecule has 4 aromatic rings. The fourth-order valence-corrected chi connectivity index (χ4v) is 6.26. The second-order valence-electron chi connectivity index (χ2n) is 10.5. The van der Waals surface area contributed by atoms with E-state index >= 15 is 0 Å². The van der Waals surface area contributed by atoms with Crippen molar-refractivity contribution in [2.24, 2.45) is 5.14 Å². The lowest BCUT2D eigenvalue weighted by atomic mass is 10.0. The maximum Gasteiger partial charge on any atom is 0.222 e. The molecule has 2 atom stereocenters. The van der Waals surface area contributed by atoms with Crippen LogP contribution in [-0.2, 0) is 10.0 Å². The zero-order chi connectivity index (χ0) is 29.4. The summed E-state index contributed by atoms with van der Waals surface area (Å²) in [5.41, 5.74) is 2.98. The van der Waals surface area contributed by atoms with E-state index in [-0.39, 0.29) is 24.4 Å². The van der Waals surface area contributed by atoms with Crippen LogP contribution in [0.4, 0.5) is 24.7 Å². The molecular formula is C28H29F3N8O2S. The summed E-state index contributed by atoms with van der Waals surface area (Å²) in [7, 11) is -3.54. The Morgan fingerprint density at radius 3 is 2.52 bits per heavy atom. The minimum atomic E-state index is -3.54. The van der Waals surface area contributed by atoms with E-state index in [1.54, 1.807) is 33.9 Å². The predicted molar refractivity (Wildman–Crippen MR) is 154 cm³/mol. The van der Waals surface area contributed by atoms with Crippen LogP contribution in [0.5, 0.6) is 0 Å². The molecule has 14 heteroatoms. The molecule has 0 radical (unpaired) electrons. The molecule has 1 aromatic carbocycles. The van der Waals surface area contributed by atoms with Crippen LogP contribution in [0, 0.1) is 11.6 Å². The normalized spacial score (nSPS) is 20.3. The molecule has 3 aromatic heterocycles. The number of piperazine rings is 1. The summed E-state index contributed by atoms with van der Waals surface area (Å²) >= 11 is 0. The number of nitrogens with two attached hydrogens (primary N) is 1. The second-order valence-corrected chi connectivity index (χ2v) is 12.1. The molecule has 0 saturated carbocycles. The number of nitrogens with zero attached hydrogens (tertiary/aromatic N) is 7. The summed E-state index contributed by atoms with van der Waals surface area (Å²) < 4.78 is 67.3. The molecule has 42 heavy (non-hydrogen) atoms. The van der Waals surface area contributed by atoms with Gasteiger partial charge in [0, 0.05) is 38.2 Å². The number of fused-ring (bicyclic) bond motifs is 1. The number of halogens is 3. The third-order valence-corrected chi connectivity index (χ3v) is 8.26. The molecule has 5 heterocycles. The molecule has 10 nitrogen and oxygen atoms in total. The zero-order valence-corrected chi connectivity index (χ0v) is 23.3. The first-order chi connectivity index (χ1) is 20.1. The Morgan fingerprint density at radius 1 is 0.976 bits per heavy atom. The average Bonchev–Trinajstić information content (AvgIpc) is 3.56. The Labute approximate surface area is 240 Å². The minimum absolute atomic E-state index is 0.0104. The highest BCUT2D eigenvalue weighted by molar-refractivity contribution is 7.89. The van der Waals surface area contributed by atoms with Gasteiger partial charge in [-0.2, -0.15) is 0 Å². The number of imidazole rings is 1. The largest absolute Gasteiger partial charge is 0.368 e. The van der Waals surface area contributed by atoms with Crippen molar-refractivity contribution in [3.63, 3.8) is 0 Å². The number of pyridine rings is 1. The van der Waals surface area contributed by atoms with Crippen molar-refractivity contribution in [2.75, 3.05) is 48.4 Å². The van der Waals surface area contributed by atoms with Crippen LogP contribution in [0.1, 0.15) is 29.4 Å². The van der Waals surface area contributed by atoms with E-state index in [0.29, 0.717) is 49.0 Å². The van der Waals surface area contributed by atoms with E-state index in [0.717, 1.165) is 23.9 Å². The molecule has 2 N–H and O–H groups in total. The smallest absolute Gasteiger partial charge is 0.222 e. The fourth-order valence-electron chi connectivity index (χ4n) is 5.49. The van der Waals surface area contributed by atoms with Gasteiger partial charge in [-0.15, -0.1) is 5.10 Å². The van der Waals surface area contributed by atoms with E-state index in [1.165, 1.54) is 0 Å². The van der Waals surface area contributed by atoms with Crippen LogP contribution in [0.3, 0.4) is 0 Å². The van der Waals surface area contributed by atoms with Gasteiger partial charge in [0.05, 0.1) is 42.1 Å². The summed E-state index contributed by atoms with van der Waals surface area (Å²) in [6, 6.07) is 9.82. The first kappa shape index (κ1) is 28.1. The van der Waals surface area contributed by atoms with Crippen LogP contribution < -0.4 is 14.9 Å². The molecule has 2 saturated heterocycles. The molecule has 2 fully saturated rings. The standard InChI is InChI=1S/C28H29F3N8O2S/c29-19-1-6-25(31)24(13-19)26-14-20(30)17-38(26)28-8-7-27-34-16-23(39(27)35-28)5-3-21-2-4-22(15-33-21)37-11-9-36(10-12-37)18-42(32,40)41/h1-8,13,15-16,20,26H,9-12,14,17-18H2,(H2,32,40,41)/b5-3+/t20-,26+/m0/s1. The van der Waals surface area contributed by atoms with Crippen LogP contribution in [0.15, 0.2) is 54.9 Å². The molecule has 2 aliphatic rings. The lowest BCUT2D eigenvalue weighted by Crippen LogP contribution is -2.48. The molecule has 0 aliphatic carbocycles. The fraction of sp³-hybridized carbons (Fsp3) is 0.321. The van der Waals surface area contributed by atoms with E-state index in [2.05, 4.69) is 20.0 Å². The number of rotatable bonds is 7. The van der Waals surface area contributed by atoms with E-state index in [9.17, 15) is 21.6 Å². The maximum atomic E-state index is 14.6. The maximum absolute atomic E-state index is 14.6. The molecule has 0 bridgehead atoms. The van der Waals surface area contributed by atoms with Gasteiger partial charge in [0.2, 0.25) is 10.0 Å². The lowest BCUT2D eigenvalue weighted by molar-refractivity contribution is 0.294. The van der Waals surface area contributed by atoms with Crippen molar-refractivity contribution in [1.82, 2.24) is 24.5 Å². The number of alkyl halides is 1. The Bertz CT molecular complexity index is 1720. The number of sulfonamides is 1. The third kappa shape index (κ3) is 6.10. The van der Waals surface area contributed by atoms with Crippen molar-refractivity contribution in [1.29, 1.82) is 0 Å². The number of hydrogen-bond donors (Lipinski definition) is 1. The summed E-state index contributed by atoms with van der Waals surface area (Å²) in [6.45, 7) is 2.51. The summed E-state index contributed by atoms with van der Waals surface area (Å²) in [6.07, 6.45) is 5.89. The Balaban J connectivity index is 1.17. The topological polar surface area (TPSA) is 113 Å². The first-order valence-electron chi connectivity index (χ1n) is 13.5. The predicted octanol–water partition coefficient (Wildman–Crippen LogP) is 3.23. The first-order valence-corrected chi connectivity index (χ1v) is 15.2. The van der Waals surface area contributed by atoms with Gasteiger partial charge in [-0.05, 0) is 54.6 Å². The van der Waals surface area contributed by atoms with Crippen molar-refractivity contribution in [3.8, 4) is 0 Å². The Morgan fingerprint density at radius 2 is 1.79 bits per heavy atom. The SMILES string of the molecule is NS(=O)(=O)CN1CCN(c2ccc(/C=C/c3cnc4ccc(N5C[C@@H](F)C[C@@H]5c5cc(F)ccc5F)nn34)nc2)CC1. The highest BCUT2D eigenvalue weighted by Crippen LogP contribution is 2.38. The van der Waals surface area contributed by atoms with Gasteiger partial charge in [-0.1, -0.05) is 0 Å². The number of aromatic nitrogens is 4. The number of primary sulfonamides is 1. The van der Waals surface area contributed by atoms with Gasteiger partial charge >= 0.3 is 0 Å². The van der Waals surface area contributed by atoms with Gasteiger partial charge in [0.15, 0.2) is 5.65 Å². The molecular weight excluding hydrogens is 569 g/mol. The highest BCUT2D eigenvalue weighted by atomic mass is 32.2. The second kappa shape index (κ2) is 11.3. The summed E-state index contributed by atoms with van der Waals surface area (Å²) in [5, 5.41) is 9.82. The van der Waals surface area contributed by atoms with Gasteiger partial charge in [-0.3, -0.25) is 9.88 Å². The number of hydrogen-bond acceptors (Lipinski definition) is 8. The van der Waals surface area contributed by atoms with Crippen LogP contribution in [0.2, 0.25) is 0 Å². The molecule has 6 rings (SSSR count). The van der Waals surface area contributed by atoms with Crippen molar-refractivity contribution in [2.45, 2.75) is 18.6 Å².